The number of carbonyl (C=O) groups excluding carboxylic acids is 3. The molecule has 0 aliphatic heterocycles. The Bertz CT molecular complexity index is 1100. The van der Waals surface area contributed by atoms with E-state index in [9.17, 15) is 14.4 Å². The topological polar surface area (TPSA) is 106 Å². The fraction of sp³-hybridized carbons (Fsp3) is 0.160. The minimum atomic E-state index is -0.922. The van der Waals surface area contributed by atoms with Gasteiger partial charge in [-0.15, -0.1) is 0 Å². The summed E-state index contributed by atoms with van der Waals surface area (Å²) in [5, 5.41) is 8.07. The number of likely N-dealkylation sites (N-methyl/N-ethyl adjacent to an activating group) is 1. The third-order valence-corrected chi connectivity index (χ3v) is 4.78. The van der Waals surface area contributed by atoms with Crippen molar-refractivity contribution in [2.75, 3.05) is 26.1 Å². The van der Waals surface area contributed by atoms with E-state index >= 15 is 0 Å². The summed E-state index contributed by atoms with van der Waals surface area (Å²) >= 11 is 0. The second kappa shape index (κ2) is 11.3. The van der Waals surface area contributed by atoms with Crippen LogP contribution in [-0.4, -0.2) is 38.5 Å². The lowest BCUT2D eigenvalue weighted by atomic mass is 10.0. The van der Waals surface area contributed by atoms with E-state index < -0.39 is 11.9 Å². The predicted octanol–water partition coefficient (Wildman–Crippen LogP) is 2.93. The SMILES string of the molecule is CNC(=O)COc1ccc(C(=O)NC(C(=O)Nc2ccccc2)c2ccccc2)cc1OC. The summed E-state index contributed by atoms with van der Waals surface area (Å²) in [6.45, 7) is -0.186. The zero-order valence-electron chi connectivity index (χ0n) is 18.3. The number of hydrogen-bond donors (Lipinski definition) is 3. The molecule has 3 N–H and O–H groups in total. The molecule has 8 nitrogen and oxygen atoms in total. The zero-order chi connectivity index (χ0) is 23.6. The zero-order valence-corrected chi connectivity index (χ0v) is 18.3. The van der Waals surface area contributed by atoms with Crippen molar-refractivity contribution in [2.45, 2.75) is 6.04 Å². The fourth-order valence-electron chi connectivity index (χ4n) is 3.04. The molecule has 33 heavy (non-hydrogen) atoms. The second-order valence-electron chi connectivity index (χ2n) is 7.00. The van der Waals surface area contributed by atoms with Crippen LogP contribution < -0.4 is 25.4 Å². The molecule has 170 valence electrons. The number of para-hydroxylation sites is 1. The predicted molar refractivity (Wildman–Crippen MR) is 124 cm³/mol. The van der Waals surface area contributed by atoms with Crippen molar-refractivity contribution in [1.29, 1.82) is 0 Å². The Kier molecular flexibility index (Phi) is 8.02. The minimum Gasteiger partial charge on any atom is -0.493 e. The summed E-state index contributed by atoms with van der Waals surface area (Å²) in [7, 11) is 2.94. The summed E-state index contributed by atoms with van der Waals surface area (Å²) in [6.07, 6.45) is 0. The molecule has 0 bridgehead atoms. The van der Waals surface area contributed by atoms with Gasteiger partial charge in [-0.3, -0.25) is 14.4 Å². The number of hydrogen-bond acceptors (Lipinski definition) is 5. The largest absolute Gasteiger partial charge is 0.493 e. The van der Waals surface area contributed by atoms with Gasteiger partial charge in [-0.1, -0.05) is 48.5 Å². The molecule has 8 heteroatoms. The highest BCUT2D eigenvalue weighted by atomic mass is 16.5. The number of anilines is 1. The molecule has 0 heterocycles. The van der Waals surface area contributed by atoms with Gasteiger partial charge < -0.3 is 25.4 Å². The van der Waals surface area contributed by atoms with Crippen LogP contribution in [0.5, 0.6) is 11.5 Å². The van der Waals surface area contributed by atoms with Crippen LogP contribution >= 0.6 is 0 Å². The molecule has 0 fully saturated rings. The van der Waals surface area contributed by atoms with E-state index in [0.717, 1.165) is 0 Å². The number of carbonyl (C=O) groups is 3. The molecular weight excluding hydrogens is 422 g/mol. The van der Waals surface area contributed by atoms with Gasteiger partial charge in [0.15, 0.2) is 18.1 Å². The number of methoxy groups -OCH3 is 1. The summed E-state index contributed by atoms with van der Waals surface area (Å²) in [5.74, 6) is -0.536. The van der Waals surface area contributed by atoms with E-state index in [4.69, 9.17) is 9.47 Å². The second-order valence-corrected chi connectivity index (χ2v) is 7.00. The lowest BCUT2D eigenvalue weighted by Gasteiger charge is -2.19. The van der Waals surface area contributed by atoms with Crippen LogP contribution in [-0.2, 0) is 9.59 Å². The van der Waals surface area contributed by atoms with Gasteiger partial charge in [0.2, 0.25) is 0 Å². The van der Waals surface area contributed by atoms with E-state index in [1.54, 1.807) is 36.4 Å². The smallest absolute Gasteiger partial charge is 0.257 e. The first-order valence-electron chi connectivity index (χ1n) is 10.2. The van der Waals surface area contributed by atoms with Gasteiger partial charge in [-0.25, -0.2) is 0 Å². The van der Waals surface area contributed by atoms with E-state index in [0.29, 0.717) is 17.0 Å². The van der Waals surface area contributed by atoms with Gasteiger partial charge in [0.25, 0.3) is 17.7 Å². The molecule has 0 saturated heterocycles. The Hall–Kier alpha value is -4.33. The van der Waals surface area contributed by atoms with Crippen LogP contribution in [0.2, 0.25) is 0 Å². The number of nitrogens with one attached hydrogen (secondary N) is 3. The van der Waals surface area contributed by atoms with E-state index in [1.807, 2.05) is 24.3 Å². The van der Waals surface area contributed by atoms with Gasteiger partial charge in [0.05, 0.1) is 7.11 Å². The third-order valence-electron chi connectivity index (χ3n) is 4.78. The van der Waals surface area contributed by atoms with Gasteiger partial charge in [-0.05, 0) is 35.9 Å². The Balaban J connectivity index is 1.80. The Labute approximate surface area is 191 Å². The first kappa shape index (κ1) is 23.3. The van der Waals surface area contributed by atoms with Crippen molar-refractivity contribution in [3.63, 3.8) is 0 Å². The van der Waals surface area contributed by atoms with Crippen molar-refractivity contribution in [1.82, 2.24) is 10.6 Å². The highest BCUT2D eigenvalue weighted by molar-refractivity contribution is 6.01. The summed E-state index contributed by atoms with van der Waals surface area (Å²) in [6, 6.07) is 21.6. The first-order chi connectivity index (χ1) is 16.0. The number of rotatable bonds is 9. The number of ether oxygens (including phenoxy) is 2. The molecule has 1 unspecified atom stereocenters. The van der Waals surface area contributed by atoms with Crippen LogP contribution in [0.1, 0.15) is 22.0 Å². The van der Waals surface area contributed by atoms with Crippen molar-refractivity contribution in [2.24, 2.45) is 0 Å². The van der Waals surface area contributed by atoms with Crippen LogP contribution in [0.3, 0.4) is 0 Å². The van der Waals surface area contributed by atoms with Crippen molar-refractivity contribution in [3.05, 3.63) is 90.0 Å². The van der Waals surface area contributed by atoms with Crippen LogP contribution in [0.25, 0.3) is 0 Å². The lowest BCUT2D eigenvalue weighted by molar-refractivity contribution is -0.122. The van der Waals surface area contributed by atoms with Crippen LogP contribution in [0.4, 0.5) is 5.69 Å². The molecule has 0 aliphatic rings. The molecule has 0 spiro atoms. The first-order valence-corrected chi connectivity index (χ1v) is 10.2. The van der Waals surface area contributed by atoms with E-state index in [2.05, 4.69) is 16.0 Å². The Morgan fingerprint density at radius 3 is 2.18 bits per heavy atom. The average Bonchev–Trinajstić information content (AvgIpc) is 2.86. The molecule has 3 aromatic rings. The van der Waals surface area contributed by atoms with Crippen LogP contribution in [0, 0.1) is 0 Å². The molecule has 3 aromatic carbocycles. The van der Waals surface area contributed by atoms with Crippen molar-refractivity contribution in [3.8, 4) is 11.5 Å². The molecule has 3 amide bonds. The maximum absolute atomic E-state index is 13.0. The summed E-state index contributed by atoms with van der Waals surface area (Å²) in [5.41, 5.74) is 1.53. The standard InChI is InChI=1S/C25H25N3O5/c1-26-22(29)16-33-20-14-13-18(15-21(20)32-2)24(30)28-23(17-9-5-3-6-10-17)25(31)27-19-11-7-4-8-12-19/h3-15,23H,16H2,1-2H3,(H,26,29)(H,27,31)(H,28,30). The monoisotopic (exact) mass is 447 g/mol. The Morgan fingerprint density at radius 2 is 1.55 bits per heavy atom. The molecule has 0 aromatic heterocycles. The van der Waals surface area contributed by atoms with Crippen molar-refractivity contribution < 1.29 is 23.9 Å². The minimum absolute atomic E-state index is 0.186. The van der Waals surface area contributed by atoms with Crippen LogP contribution in [0.15, 0.2) is 78.9 Å². The average molecular weight is 447 g/mol. The highest BCUT2D eigenvalue weighted by Gasteiger charge is 2.24. The maximum atomic E-state index is 13.0. The molecular formula is C25H25N3O5. The maximum Gasteiger partial charge on any atom is 0.257 e. The quantitative estimate of drug-likeness (QED) is 0.468. The normalized spacial score (nSPS) is 11.1. The summed E-state index contributed by atoms with van der Waals surface area (Å²) in [4.78, 5) is 37.5. The lowest BCUT2D eigenvalue weighted by Crippen LogP contribution is -2.37. The highest BCUT2D eigenvalue weighted by Crippen LogP contribution is 2.28. The van der Waals surface area contributed by atoms with Crippen molar-refractivity contribution >= 4 is 23.4 Å². The van der Waals surface area contributed by atoms with E-state index in [-0.39, 0.29) is 29.7 Å². The molecule has 0 aliphatic carbocycles. The van der Waals surface area contributed by atoms with Gasteiger partial charge in [0.1, 0.15) is 6.04 Å². The van der Waals surface area contributed by atoms with E-state index in [1.165, 1.54) is 32.4 Å². The molecule has 1 atom stereocenters. The number of benzene rings is 3. The molecule has 0 radical (unpaired) electrons. The Morgan fingerprint density at radius 1 is 0.879 bits per heavy atom. The van der Waals surface area contributed by atoms with Gasteiger partial charge >= 0.3 is 0 Å². The van der Waals surface area contributed by atoms with Gasteiger partial charge in [0, 0.05) is 18.3 Å². The summed E-state index contributed by atoms with van der Waals surface area (Å²) < 4.78 is 10.7. The number of amides is 3. The fourth-order valence-corrected chi connectivity index (χ4v) is 3.04. The third kappa shape index (κ3) is 6.33. The molecule has 3 rings (SSSR count). The molecule has 0 saturated carbocycles. The van der Waals surface area contributed by atoms with Gasteiger partial charge in [-0.2, -0.15) is 0 Å².